The summed E-state index contributed by atoms with van der Waals surface area (Å²) in [5.74, 6) is 1.20. The molecule has 1 aromatic heterocycles. The molecule has 2 atom stereocenters. The Morgan fingerprint density at radius 3 is 2.74 bits per heavy atom. The molecule has 1 aliphatic carbocycles. The fraction of sp³-hybridized carbons (Fsp3) is 0.571. The van der Waals surface area contributed by atoms with Crippen LogP contribution in [0.2, 0.25) is 0 Å². The van der Waals surface area contributed by atoms with Gasteiger partial charge in [-0.15, -0.1) is 24.0 Å². The summed E-state index contributed by atoms with van der Waals surface area (Å²) < 4.78 is 41.4. The topological polar surface area (TPSA) is 58.5 Å². The first kappa shape index (κ1) is 19.8. The highest BCUT2D eigenvalue weighted by Gasteiger charge is 2.33. The molecule has 2 unspecified atom stereocenters. The van der Waals surface area contributed by atoms with Crippen LogP contribution in [0, 0.1) is 5.92 Å². The molecule has 1 fully saturated rings. The van der Waals surface area contributed by atoms with Gasteiger partial charge in [-0.3, -0.25) is 4.99 Å². The van der Waals surface area contributed by atoms with E-state index in [1.807, 2.05) is 0 Å². The van der Waals surface area contributed by atoms with Crippen molar-refractivity contribution < 1.29 is 17.9 Å². The Balaban J connectivity index is 0.00000264. The van der Waals surface area contributed by atoms with Crippen molar-refractivity contribution in [3.8, 4) is 5.88 Å². The maximum Gasteiger partial charge on any atom is 0.422 e. The summed E-state index contributed by atoms with van der Waals surface area (Å²) >= 11 is 0. The highest BCUT2D eigenvalue weighted by atomic mass is 127. The molecule has 0 aromatic carbocycles. The van der Waals surface area contributed by atoms with E-state index in [1.165, 1.54) is 6.20 Å². The zero-order chi connectivity index (χ0) is 16.2. The number of halogens is 4. The fourth-order valence-corrected chi connectivity index (χ4v) is 1.91. The fourth-order valence-electron chi connectivity index (χ4n) is 1.91. The van der Waals surface area contributed by atoms with E-state index >= 15 is 0 Å². The summed E-state index contributed by atoms with van der Waals surface area (Å²) in [4.78, 5) is 7.93. The third-order valence-electron chi connectivity index (χ3n) is 3.32. The van der Waals surface area contributed by atoms with Gasteiger partial charge in [-0.25, -0.2) is 4.98 Å². The smallest absolute Gasteiger partial charge is 0.422 e. The van der Waals surface area contributed by atoms with Crippen molar-refractivity contribution >= 4 is 29.9 Å². The van der Waals surface area contributed by atoms with Gasteiger partial charge in [-0.1, -0.05) is 13.0 Å². The highest BCUT2D eigenvalue weighted by Crippen LogP contribution is 2.28. The molecule has 0 aliphatic heterocycles. The molecule has 0 spiro atoms. The number of nitrogens with zero attached hydrogens (tertiary/aromatic N) is 2. The number of ether oxygens (including phenoxy) is 1. The van der Waals surface area contributed by atoms with Crippen molar-refractivity contribution in [2.45, 2.75) is 32.1 Å². The Hall–Kier alpha value is -1.26. The van der Waals surface area contributed by atoms with Gasteiger partial charge in [0.2, 0.25) is 5.88 Å². The minimum Gasteiger partial charge on any atom is -0.468 e. The van der Waals surface area contributed by atoms with Crippen molar-refractivity contribution in [2.24, 2.45) is 10.9 Å². The SMILES string of the molecule is CN=C(NCc1cccnc1OCC(F)(F)F)NC1CC1C.I. The Bertz CT molecular complexity index is 539. The van der Waals surface area contributed by atoms with Gasteiger partial charge in [0.1, 0.15) is 0 Å². The molecule has 2 rings (SSSR count). The van der Waals surface area contributed by atoms with Crippen LogP contribution in [-0.2, 0) is 6.54 Å². The lowest BCUT2D eigenvalue weighted by Crippen LogP contribution is -2.38. The molecular formula is C14H20F3IN4O. The van der Waals surface area contributed by atoms with Gasteiger partial charge in [-0.05, 0) is 18.4 Å². The largest absolute Gasteiger partial charge is 0.468 e. The van der Waals surface area contributed by atoms with Crippen molar-refractivity contribution in [1.82, 2.24) is 15.6 Å². The Morgan fingerprint density at radius 2 is 2.17 bits per heavy atom. The predicted octanol–water partition coefficient (Wildman–Crippen LogP) is 2.71. The van der Waals surface area contributed by atoms with Gasteiger partial charge >= 0.3 is 6.18 Å². The molecule has 5 nitrogen and oxygen atoms in total. The quantitative estimate of drug-likeness (QED) is 0.417. The van der Waals surface area contributed by atoms with Crippen molar-refractivity contribution in [3.05, 3.63) is 23.9 Å². The molecule has 0 bridgehead atoms. The second kappa shape index (κ2) is 8.55. The molecule has 130 valence electrons. The number of rotatable bonds is 5. The van der Waals surface area contributed by atoms with E-state index in [0.29, 0.717) is 23.5 Å². The minimum atomic E-state index is -4.39. The lowest BCUT2D eigenvalue weighted by Gasteiger charge is -2.14. The molecule has 1 saturated carbocycles. The average molecular weight is 444 g/mol. The van der Waals surface area contributed by atoms with E-state index in [0.717, 1.165) is 6.42 Å². The van der Waals surface area contributed by atoms with E-state index < -0.39 is 12.8 Å². The van der Waals surface area contributed by atoms with Crippen LogP contribution in [0.1, 0.15) is 18.9 Å². The van der Waals surface area contributed by atoms with Crippen molar-refractivity contribution in [1.29, 1.82) is 0 Å². The standard InChI is InChI=1S/C14H19F3N4O.HI/c1-9-6-11(9)21-13(18-2)20-7-10-4-3-5-19-12(10)22-8-14(15,16)17;/h3-5,9,11H,6-8H2,1-2H3,(H2,18,20,21);1H. The number of nitrogens with one attached hydrogen (secondary N) is 2. The number of aromatic nitrogens is 1. The highest BCUT2D eigenvalue weighted by molar-refractivity contribution is 14.0. The number of pyridine rings is 1. The van der Waals surface area contributed by atoms with Crippen LogP contribution in [-0.4, -0.2) is 36.8 Å². The van der Waals surface area contributed by atoms with Gasteiger partial charge in [0.15, 0.2) is 12.6 Å². The predicted molar refractivity (Wildman–Crippen MR) is 92.1 cm³/mol. The van der Waals surface area contributed by atoms with Gasteiger partial charge in [0.05, 0.1) is 0 Å². The van der Waals surface area contributed by atoms with Crippen LogP contribution >= 0.6 is 24.0 Å². The summed E-state index contributed by atoms with van der Waals surface area (Å²) in [7, 11) is 1.65. The van der Waals surface area contributed by atoms with Crippen LogP contribution in [0.25, 0.3) is 0 Å². The minimum absolute atomic E-state index is 0. The molecule has 1 aliphatic rings. The van der Waals surface area contributed by atoms with Crippen LogP contribution in [0.4, 0.5) is 13.2 Å². The van der Waals surface area contributed by atoms with Crippen LogP contribution in [0.15, 0.2) is 23.3 Å². The number of hydrogen-bond acceptors (Lipinski definition) is 3. The maximum absolute atomic E-state index is 12.2. The molecule has 9 heteroatoms. The summed E-state index contributed by atoms with van der Waals surface area (Å²) in [5, 5.41) is 6.29. The van der Waals surface area contributed by atoms with E-state index in [2.05, 4.69) is 27.5 Å². The second-order valence-corrected chi connectivity index (χ2v) is 5.26. The first-order valence-corrected chi connectivity index (χ1v) is 6.99. The average Bonchev–Trinajstić information content (AvgIpc) is 3.16. The lowest BCUT2D eigenvalue weighted by atomic mass is 10.2. The Kier molecular flexibility index (Phi) is 7.36. The molecule has 23 heavy (non-hydrogen) atoms. The molecule has 0 saturated heterocycles. The van der Waals surface area contributed by atoms with Gasteiger partial charge < -0.3 is 15.4 Å². The normalized spacial score (nSPS) is 20.5. The lowest BCUT2D eigenvalue weighted by molar-refractivity contribution is -0.154. The molecule has 0 radical (unpaired) electrons. The first-order chi connectivity index (χ1) is 10.4. The maximum atomic E-state index is 12.2. The number of hydrogen-bond donors (Lipinski definition) is 2. The summed E-state index contributed by atoms with van der Waals surface area (Å²) in [5.41, 5.74) is 0.540. The summed E-state index contributed by atoms with van der Waals surface area (Å²) in [6.07, 6.45) is -1.90. The monoisotopic (exact) mass is 444 g/mol. The number of aliphatic imine (C=N–C) groups is 1. The van der Waals surface area contributed by atoms with Crippen LogP contribution < -0.4 is 15.4 Å². The summed E-state index contributed by atoms with van der Waals surface area (Å²) in [6, 6.07) is 3.72. The van der Waals surface area contributed by atoms with E-state index in [4.69, 9.17) is 4.74 Å². The summed E-state index contributed by atoms with van der Waals surface area (Å²) in [6.45, 7) is 1.06. The zero-order valence-electron chi connectivity index (χ0n) is 12.9. The van der Waals surface area contributed by atoms with Gasteiger partial charge in [-0.2, -0.15) is 13.2 Å². The molecule has 2 N–H and O–H groups in total. The van der Waals surface area contributed by atoms with E-state index in [9.17, 15) is 13.2 Å². The number of guanidine groups is 1. The molecule has 1 aromatic rings. The van der Waals surface area contributed by atoms with Crippen molar-refractivity contribution in [2.75, 3.05) is 13.7 Å². The van der Waals surface area contributed by atoms with Gasteiger partial charge in [0, 0.05) is 31.4 Å². The third-order valence-corrected chi connectivity index (χ3v) is 3.32. The van der Waals surface area contributed by atoms with Gasteiger partial charge in [0.25, 0.3) is 0 Å². The molecular weight excluding hydrogens is 424 g/mol. The van der Waals surface area contributed by atoms with Crippen LogP contribution in [0.3, 0.4) is 0 Å². The Labute approximate surface area is 150 Å². The third kappa shape index (κ3) is 6.80. The second-order valence-electron chi connectivity index (χ2n) is 5.26. The van der Waals surface area contributed by atoms with E-state index in [1.54, 1.807) is 19.2 Å². The molecule has 1 heterocycles. The van der Waals surface area contributed by atoms with E-state index in [-0.39, 0.29) is 36.4 Å². The van der Waals surface area contributed by atoms with Crippen LogP contribution in [0.5, 0.6) is 5.88 Å². The number of alkyl halides is 3. The Morgan fingerprint density at radius 1 is 1.48 bits per heavy atom. The molecule has 0 amide bonds. The first-order valence-electron chi connectivity index (χ1n) is 6.99. The van der Waals surface area contributed by atoms with Crippen molar-refractivity contribution in [3.63, 3.8) is 0 Å². The zero-order valence-corrected chi connectivity index (χ0v) is 15.2.